The fourth-order valence-corrected chi connectivity index (χ4v) is 3.68. The summed E-state index contributed by atoms with van der Waals surface area (Å²) in [5.41, 5.74) is 2.13. The highest BCUT2D eigenvalue weighted by molar-refractivity contribution is 5.90. The van der Waals surface area contributed by atoms with Gasteiger partial charge in [0.05, 0.1) is 12.2 Å². The summed E-state index contributed by atoms with van der Waals surface area (Å²) in [6.07, 6.45) is 0.822. The molecule has 8 nitrogen and oxygen atoms in total. The predicted octanol–water partition coefficient (Wildman–Crippen LogP) is 1.94. The van der Waals surface area contributed by atoms with Gasteiger partial charge >= 0.3 is 0 Å². The second kappa shape index (κ2) is 9.38. The molecule has 0 aliphatic carbocycles. The van der Waals surface area contributed by atoms with Gasteiger partial charge in [0.15, 0.2) is 0 Å². The SMILES string of the molecule is Cc1nc(C(=O)N2CCCN(CC(=O)N(C)C)CC2)nn1-c1ccccc1C(C)C. The Morgan fingerprint density at radius 1 is 1.10 bits per heavy atom. The van der Waals surface area contributed by atoms with E-state index in [2.05, 4.69) is 34.9 Å². The number of carbonyl (C=O) groups excluding carboxylic acids is 2. The summed E-state index contributed by atoms with van der Waals surface area (Å²) in [5.74, 6) is 1.18. The zero-order valence-corrected chi connectivity index (χ0v) is 18.6. The summed E-state index contributed by atoms with van der Waals surface area (Å²) in [4.78, 5) is 35.1. The van der Waals surface area contributed by atoms with Crippen LogP contribution in [0.5, 0.6) is 0 Å². The molecular weight excluding hydrogens is 380 g/mol. The lowest BCUT2D eigenvalue weighted by Crippen LogP contribution is -2.39. The Kier molecular flexibility index (Phi) is 6.87. The number of benzene rings is 1. The number of rotatable bonds is 5. The Morgan fingerprint density at radius 3 is 2.53 bits per heavy atom. The largest absolute Gasteiger partial charge is 0.348 e. The van der Waals surface area contributed by atoms with Crippen molar-refractivity contribution in [1.29, 1.82) is 0 Å². The molecule has 0 N–H and O–H groups in total. The lowest BCUT2D eigenvalue weighted by atomic mass is 10.0. The third-order valence-corrected chi connectivity index (χ3v) is 5.48. The highest BCUT2D eigenvalue weighted by Gasteiger charge is 2.25. The van der Waals surface area contributed by atoms with Crippen molar-refractivity contribution in [3.05, 3.63) is 41.5 Å². The quantitative estimate of drug-likeness (QED) is 0.750. The maximum atomic E-state index is 13.1. The van der Waals surface area contributed by atoms with Gasteiger partial charge in [-0.05, 0) is 30.9 Å². The molecule has 0 radical (unpaired) electrons. The number of hydrogen-bond acceptors (Lipinski definition) is 5. The van der Waals surface area contributed by atoms with Gasteiger partial charge in [0.25, 0.3) is 5.91 Å². The maximum Gasteiger partial charge on any atom is 0.293 e. The number of hydrogen-bond donors (Lipinski definition) is 0. The van der Waals surface area contributed by atoms with Crippen molar-refractivity contribution in [3.63, 3.8) is 0 Å². The minimum absolute atomic E-state index is 0.0784. The summed E-state index contributed by atoms with van der Waals surface area (Å²) in [5, 5.41) is 4.56. The van der Waals surface area contributed by atoms with Gasteiger partial charge in [0, 0.05) is 40.3 Å². The Morgan fingerprint density at radius 2 is 1.83 bits per heavy atom. The Hall–Kier alpha value is -2.74. The Labute approximate surface area is 178 Å². The smallest absolute Gasteiger partial charge is 0.293 e. The number of amides is 2. The minimum Gasteiger partial charge on any atom is -0.348 e. The average molecular weight is 413 g/mol. The highest BCUT2D eigenvalue weighted by Crippen LogP contribution is 2.23. The molecule has 0 bridgehead atoms. The molecule has 1 aromatic carbocycles. The number of aryl methyl sites for hydroxylation is 1. The van der Waals surface area contributed by atoms with Gasteiger partial charge in [-0.15, -0.1) is 5.10 Å². The molecule has 1 aliphatic rings. The molecule has 162 valence electrons. The highest BCUT2D eigenvalue weighted by atomic mass is 16.2. The number of nitrogens with zero attached hydrogens (tertiary/aromatic N) is 6. The van der Waals surface area contributed by atoms with Crippen LogP contribution in [0.3, 0.4) is 0 Å². The first-order valence-corrected chi connectivity index (χ1v) is 10.5. The van der Waals surface area contributed by atoms with Gasteiger partial charge in [-0.25, -0.2) is 9.67 Å². The van der Waals surface area contributed by atoms with E-state index < -0.39 is 0 Å². The van der Waals surface area contributed by atoms with Crippen molar-refractivity contribution < 1.29 is 9.59 Å². The second-order valence-corrected chi connectivity index (χ2v) is 8.32. The third-order valence-electron chi connectivity index (χ3n) is 5.48. The summed E-state index contributed by atoms with van der Waals surface area (Å²) < 4.78 is 1.77. The zero-order valence-electron chi connectivity index (χ0n) is 18.6. The molecule has 1 aliphatic heterocycles. The second-order valence-electron chi connectivity index (χ2n) is 8.32. The van der Waals surface area contributed by atoms with Crippen LogP contribution in [0.2, 0.25) is 0 Å². The van der Waals surface area contributed by atoms with Crippen LogP contribution in [0.4, 0.5) is 0 Å². The maximum absolute atomic E-state index is 13.1. The average Bonchev–Trinajstić information content (AvgIpc) is 2.95. The first-order valence-electron chi connectivity index (χ1n) is 10.5. The van der Waals surface area contributed by atoms with E-state index in [1.807, 2.05) is 25.1 Å². The Balaban J connectivity index is 1.74. The van der Waals surface area contributed by atoms with Crippen LogP contribution in [0.15, 0.2) is 24.3 Å². The van der Waals surface area contributed by atoms with Gasteiger partial charge in [-0.3, -0.25) is 14.5 Å². The standard InChI is InChI=1S/C22H32N6O2/c1-16(2)18-9-6-7-10-19(18)28-17(3)23-21(24-28)22(30)27-12-8-11-26(13-14-27)15-20(29)25(4)5/h6-7,9-10,16H,8,11-15H2,1-5H3. The van der Waals surface area contributed by atoms with Gasteiger partial charge in [-0.1, -0.05) is 32.0 Å². The molecule has 30 heavy (non-hydrogen) atoms. The molecule has 0 spiro atoms. The van der Waals surface area contributed by atoms with Crippen LogP contribution in [0, 0.1) is 6.92 Å². The van der Waals surface area contributed by atoms with Gasteiger partial charge < -0.3 is 9.80 Å². The van der Waals surface area contributed by atoms with E-state index >= 15 is 0 Å². The molecular formula is C22H32N6O2. The summed E-state index contributed by atoms with van der Waals surface area (Å²) in [6.45, 7) is 9.21. The van der Waals surface area contributed by atoms with Crippen molar-refractivity contribution in [2.24, 2.45) is 0 Å². The zero-order chi connectivity index (χ0) is 21.8. The summed E-state index contributed by atoms with van der Waals surface area (Å²) in [6, 6.07) is 8.08. The molecule has 0 unspecified atom stereocenters. The van der Waals surface area contributed by atoms with Gasteiger partial charge in [0.2, 0.25) is 11.7 Å². The topological polar surface area (TPSA) is 74.6 Å². The fourth-order valence-electron chi connectivity index (χ4n) is 3.68. The number of para-hydroxylation sites is 1. The van der Waals surface area contributed by atoms with Crippen LogP contribution in [-0.4, -0.2) is 88.1 Å². The molecule has 0 atom stereocenters. The van der Waals surface area contributed by atoms with E-state index in [0.29, 0.717) is 37.9 Å². The molecule has 2 aromatic rings. The van der Waals surface area contributed by atoms with Gasteiger partial charge in [0.1, 0.15) is 5.82 Å². The van der Waals surface area contributed by atoms with E-state index in [1.54, 1.807) is 28.6 Å². The normalized spacial score (nSPS) is 15.3. The molecule has 2 amide bonds. The molecule has 8 heteroatoms. The van der Waals surface area contributed by atoms with Crippen LogP contribution in [0.25, 0.3) is 5.69 Å². The molecule has 0 saturated carbocycles. The monoisotopic (exact) mass is 412 g/mol. The van der Waals surface area contributed by atoms with E-state index in [-0.39, 0.29) is 17.6 Å². The lowest BCUT2D eigenvalue weighted by molar-refractivity contribution is -0.129. The number of aromatic nitrogens is 3. The third kappa shape index (κ3) is 4.87. The number of likely N-dealkylation sites (N-methyl/N-ethyl adjacent to an activating group) is 1. The number of carbonyl (C=O) groups is 2. The first kappa shape index (κ1) is 22.0. The minimum atomic E-state index is -0.153. The van der Waals surface area contributed by atoms with E-state index in [9.17, 15) is 9.59 Å². The fraction of sp³-hybridized carbons (Fsp3) is 0.545. The molecule has 3 rings (SSSR count). The van der Waals surface area contributed by atoms with Crippen molar-refractivity contribution in [1.82, 2.24) is 29.5 Å². The molecule has 1 fully saturated rings. The van der Waals surface area contributed by atoms with Crippen LogP contribution in [0.1, 0.15) is 48.2 Å². The predicted molar refractivity (Wildman–Crippen MR) is 116 cm³/mol. The van der Waals surface area contributed by atoms with Crippen LogP contribution in [-0.2, 0) is 4.79 Å². The van der Waals surface area contributed by atoms with Crippen molar-refractivity contribution in [3.8, 4) is 5.69 Å². The van der Waals surface area contributed by atoms with Crippen molar-refractivity contribution in [2.75, 3.05) is 46.8 Å². The molecule has 1 aromatic heterocycles. The summed E-state index contributed by atoms with van der Waals surface area (Å²) >= 11 is 0. The Bertz CT molecular complexity index is 905. The van der Waals surface area contributed by atoms with E-state index in [1.165, 1.54) is 5.56 Å². The molecule has 1 saturated heterocycles. The van der Waals surface area contributed by atoms with Crippen LogP contribution < -0.4 is 0 Å². The van der Waals surface area contributed by atoms with Crippen molar-refractivity contribution in [2.45, 2.75) is 33.1 Å². The first-order chi connectivity index (χ1) is 14.3. The van der Waals surface area contributed by atoms with Gasteiger partial charge in [-0.2, -0.15) is 0 Å². The van der Waals surface area contributed by atoms with Crippen molar-refractivity contribution >= 4 is 11.8 Å². The van der Waals surface area contributed by atoms with Crippen LogP contribution >= 0.6 is 0 Å². The van der Waals surface area contributed by atoms with E-state index in [4.69, 9.17) is 0 Å². The van der Waals surface area contributed by atoms with E-state index in [0.717, 1.165) is 18.7 Å². The summed E-state index contributed by atoms with van der Waals surface area (Å²) in [7, 11) is 3.52. The lowest BCUT2D eigenvalue weighted by Gasteiger charge is -2.22. The molecule has 2 heterocycles.